The number of nitrogens with one attached hydrogen (secondary N) is 1. The van der Waals surface area contributed by atoms with Crippen molar-refractivity contribution in [2.24, 2.45) is 0 Å². The molecule has 6 nitrogen and oxygen atoms in total. The van der Waals surface area contributed by atoms with Crippen molar-refractivity contribution in [3.63, 3.8) is 0 Å². The predicted octanol–water partition coefficient (Wildman–Crippen LogP) is -0.212. The van der Waals surface area contributed by atoms with Crippen LogP contribution in [0.1, 0.15) is 6.92 Å². The van der Waals surface area contributed by atoms with Gasteiger partial charge in [0.05, 0.1) is 0 Å². The summed E-state index contributed by atoms with van der Waals surface area (Å²) in [5, 5.41) is 8.45. The van der Waals surface area contributed by atoms with Gasteiger partial charge >= 0.3 is 12.1 Å². The number of hydrogen-bond acceptors (Lipinski definition) is 3. The fourth-order valence-electron chi connectivity index (χ4n) is 0.572. The third kappa shape index (κ3) is 2.83. The molecule has 0 aromatic carbocycles. The standard InChI is InChI=1S/C6H11F3N2O4S/c1-5(4(12)13,6(7,8)9)10-16(14,15)11(2)3/h10H,1-3H3,(H,12,13). The molecule has 0 heterocycles. The molecule has 0 spiro atoms. The fourth-order valence-corrected chi connectivity index (χ4v) is 1.47. The van der Waals surface area contributed by atoms with Crippen LogP contribution in [0.15, 0.2) is 0 Å². The van der Waals surface area contributed by atoms with E-state index in [1.165, 1.54) is 0 Å². The van der Waals surface area contributed by atoms with E-state index in [1.807, 2.05) is 0 Å². The van der Waals surface area contributed by atoms with Gasteiger partial charge in [0.15, 0.2) is 0 Å². The summed E-state index contributed by atoms with van der Waals surface area (Å²) in [5.41, 5.74) is -3.56. The van der Waals surface area contributed by atoms with Crippen LogP contribution in [-0.2, 0) is 15.0 Å². The Balaban J connectivity index is 5.39. The van der Waals surface area contributed by atoms with Crippen molar-refractivity contribution >= 4 is 16.2 Å². The lowest BCUT2D eigenvalue weighted by Gasteiger charge is -2.29. The number of halogens is 3. The Kier molecular flexibility index (Phi) is 3.96. The predicted molar refractivity (Wildman–Crippen MR) is 47.8 cm³/mol. The first-order chi connectivity index (χ1) is 6.84. The van der Waals surface area contributed by atoms with E-state index in [-0.39, 0.29) is 6.92 Å². The second-order valence-corrected chi connectivity index (χ2v) is 5.20. The quantitative estimate of drug-likeness (QED) is 0.735. The Labute approximate surface area is 90.2 Å². The summed E-state index contributed by atoms with van der Waals surface area (Å²) in [6.45, 7) is 0.233. The molecule has 16 heavy (non-hydrogen) atoms. The summed E-state index contributed by atoms with van der Waals surface area (Å²) < 4.78 is 61.1. The van der Waals surface area contributed by atoms with Crippen LogP contribution >= 0.6 is 0 Å². The van der Waals surface area contributed by atoms with Crippen molar-refractivity contribution in [1.82, 2.24) is 9.03 Å². The maximum Gasteiger partial charge on any atom is 0.418 e. The van der Waals surface area contributed by atoms with E-state index in [2.05, 4.69) is 0 Å². The molecule has 0 aromatic rings. The molecule has 2 N–H and O–H groups in total. The molecule has 0 saturated carbocycles. The Morgan fingerprint density at radius 3 is 1.88 bits per heavy atom. The zero-order chi connectivity index (χ0) is 13.4. The lowest BCUT2D eigenvalue weighted by Crippen LogP contribution is -2.63. The van der Waals surface area contributed by atoms with Crippen molar-refractivity contribution in [3.05, 3.63) is 0 Å². The molecule has 0 aromatic heterocycles. The molecule has 0 amide bonds. The lowest BCUT2D eigenvalue weighted by molar-refractivity contribution is -0.201. The van der Waals surface area contributed by atoms with E-state index in [9.17, 15) is 26.4 Å². The minimum Gasteiger partial charge on any atom is -0.480 e. The van der Waals surface area contributed by atoms with Crippen LogP contribution in [0.2, 0.25) is 0 Å². The molecule has 0 bridgehead atoms. The topological polar surface area (TPSA) is 86.7 Å². The molecule has 1 atom stereocenters. The van der Waals surface area contributed by atoms with Crippen LogP contribution in [0.3, 0.4) is 0 Å². The van der Waals surface area contributed by atoms with Gasteiger partial charge in [-0.1, -0.05) is 0 Å². The highest BCUT2D eigenvalue weighted by Gasteiger charge is 2.59. The van der Waals surface area contributed by atoms with E-state index < -0.39 is 27.9 Å². The number of carboxylic acids is 1. The van der Waals surface area contributed by atoms with E-state index in [1.54, 1.807) is 0 Å². The molecule has 1 unspecified atom stereocenters. The van der Waals surface area contributed by atoms with E-state index in [4.69, 9.17) is 5.11 Å². The largest absolute Gasteiger partial charge is 0.480 e. The molecular weight excluding hydrogens is 253 g/mol. The van der Waals surface area contributed by atoms with Gasteiger partial charge in [0.1, 0.15) is 0 Å². The Bertz CT molecular complexity index is 378. The highest BCUT2D eigenvalue weighted by Crippen LogP contribution is 2.31. The third-order valence-corrected chi connectivity index (χ3v) is 3.44. The van der Waals surface area contributed by atoms with Crippen LogP contribution in [0.4, 0.5) is 13.2 Å². The Morgan fingerprint density at radius 2 is 1.69 bits per heavy atom. The molecule has 0 aliphatic rings. The van der Waals surface area contributed by atoms with Crippen LogP contribution < -0.4 is 4.72 Å². The molecule has 0 fully saturated rings. The smallest absolute Gasteiger partial charge is 0.418 e. The second-order valence-electron chi connectivity index (χ2n) is 3.32. The first-order valence-corrected chi connectivity index (χ1v) is 5.30. The molecule has 0 aliphatic carbocycles. The minimum absolute atomic E-state index is 0.233. The number of hydrogen-bond donors (Lipinski definition) is 2. The number of nitrogens with zero attached hydrogens (tertiary/aromatic N) is 1. The number of carbonyl (C=O) groups is 1. The van der Waals surface area contributed by atoms with Gasteiger partial charge in [-0.05, 0) is 6.92 Å². The highest BCUT2D eigenvalue weighted by atomic mass is 32.2. The van der Waals surface area contributed by atoms with Crippen molar-refractivity contribution in [2.75, 3.05) is 14.1 Å². The van der Waals surface area contributed by atoms with Crippen molar-refractivity contribution < 1.29 is 31.5 Å². The third-order valence-electron chi connectivity index (χ3n) is 1.81. The van der Waals surface area contributed by atoms with Crippen LogP contribution in [0.5, 0.6) is 0 Å². The van der Waals surface area contributed by atoms with Gasteiger partial charge in [0.25, 0.3) is 10.2 Å². The van der Waals surface area contributed by atoms with Gasteiger partial charge in [-0.3, -0.25) is 0 Å². The Morgan fingerprint density at radius 1 is 1.31 bits per heavy atom. The average molecular weight is 264 g/mol. The van der Waals surface area contributed by atoms with Crippen molar-refractivity contribution in [3.8, 4) is 0 Å². The SMILES string of the molecule is CN(C)S(=O)(=O)NC(C)(C(=O)O)C(F)(F)F. The maximum absolute atomic E-state index is 12.4. The molecule has 0 rings (SSSR count). The summed E-state index contributed by atoms with van der Waals surface area (Å²) in [6, 6.07) is 0. The zero-order valence-electron chi connectivity index (χ0n) is 8.66. The van der Waals surface area contributed by atoms with Crippen molar-refractivity contribution in [2.45, 2.75) is 18.6 Å². The number of rotatable bonds is 4. The number of carboxylic acid groups (broad SMARTS) is 1. The summed E-state index contributed by atoms with van der Waals surface area (Å²) in [7, 11) is -2.56. The van der Waals surface area contributed by atoms with Gasteiger partial charge < -0.3 is 5.11 Å². The zero-order valence-corrected chi connectivity index (χ0v) is 9.48. The first-order valence-electron chi connectivity index (χ1n) is 3.86. The molecular formula is C6H11F3N2O4S. The summed E-state index contributed by atoms with van der Waals surface area (Å²) >= 11 is 0. The van der Waals surface area contributed by atoms with E-state index >= 15 is 0 Å². The van der Waals surface area contributed by atoms with Gasteiger partial charge in [-0.2, -0.15) is 30.6 Å². The van der Waals surface area contributed by atoms with Crippen LogP contribution in [-0.4, -0.2) is 49.6 Å². The fraction of sp³-hybridized carbons (Fsp3) is 0.833. The molecule has 96 valence electrons. The van der Waals surface area contributed by atoms with E-state index in [0.29, 0.717) is 4.31 Å². The second kappa shape index (κ2) is 4.18. The molecule has 0 radical (unpaired) electrons. The van der Waals surface area contributed by atoms with Gasteiger partial charge in [-0.25, -0.2) is 4.79 Å². The summed E-state index contributed by atoms with van der Waals surface area (Å²) in [4.78, 5) is 10.5. The molecule has 0 aliphatic heterocycles. The minimum atomic E-state index is -5.25. The summed E-state index contributed by atoms with van der Waals surface area (Å²) in [5.74, 6) is -2.33. The van der Waals surface area contributed by atoms with E-state index in [0.717, 1.165) is 18.8 Å². The first kappa shape index (κ1) is 15.1. The normalized spacial score (nSPS) is 17.2. The highest BCUT2D eigenvalue weighted by molar-refractivity contribution is 7.87. The molecule has 10 heteroatoms. The van der Waals surface area contributed by atoms with Crippen LogP contribution in [0, 0.1) is 0 Å². The van der Waals surface area contributed by atoms with Crippen molar-refractivity contribution in [1.29, 1.82) is 0 Å². The van der Waals surface area contributed by atoms with Gasteiger partial charge in [0, 0.05) is 14.1 Å². The maximum atomic E-state index is 12.4. The Hall–Kier alpha value is -0.870. The summed E-state index contributed by atoms with van der Waals surface area (Å²) in [6.07, 6.45) is -5.25. The number of aliphatic carboxylic acids is 1. The monoisotopic (exact) mass is 264 g/mol. The average Bonchev–Trinajstić information content (AvgIpc) is 2.00. The molecule has 0 saturated heterocycles. The lowest BCUT2D eigenvalue weighted by atomic mass is 10.0. The van der Waals surface area contributed by atoms with Crippen LogP contribution in [0.25, 0.3) is 0 Å². The van der Waals surface area contributed by atoms with Gasteiger partial charge in [-0.15, -0.1) is 0 Å². The number of alkyl halides is 3. The van der Waals surface area contributed by atoms with Gasteiger partial charge in [0.2, 0.25) is 5.54 Å².